The van der Waals surface area contributed by atoms with E-state index in [-0.39, 0.29) is 17.4 Å². The van der Waals surface area contributed by atoms with Gasteiger partial charge >= 0.3 is 0 Å². The van der Waals surface area contributed by atoms with E-state index in [0.717, 1.165) is 5.56 Å². The SMILES string of the molecule is COCCOc1cc(N)c(C(=N)c2cc(-c3ccc(NC(C)=O)cc3)no2)cc1Cl. The third-order valence-corrected chi connectivity index (χ3v) is 4.47. The summed E-state index contributed by atoms with van der Waals surface area (Å²) in [7, 11) is 1.58. The molecule has 0 bridgehead atoms. The number of aromatic nitrogens is 1. The molecule has 3 aromatic rings. The fourth-order valence-corrected chi connectivity index (χ4v) is 2.94. The summed E-state index contributed by atoms with van der Waals surface area (Å²) in [5.41, 5.74) is 8.89. The van der Waals surface area contributed by atoms with Crippen molar-refractivity contribution in [1.82, 2.24) is 5.16 Å². The Kier molecular flexibility index (Phi) is 6.71. The van der Waals surface area contributed by atoms with Gasteiger partial charge in [-0.25, -0.2) is 0 Å². The van der Waals surface area contributed by atoms with Gasteiger partial charge in [0.25, 0.3) is 0 Å². The lowest BCUT2D eigenvalue weighted by atomic mass is 10.0. The Morgan fingerprint density at radius 2 is 1.97 bits per heavy atom. The fraction of sp³-hybridized carbons (Fsp3) is 0.190. The van der Waals surface area contributed by atoms with Gasteiger partial charge < -0.3 is 25.0 Å². The molecule has 0 fully saturated rings. The highest BCUT2D eigenvalue weighted by Gasteiger charge is 2.17. The number of rotatable bonds is 8. The predicted octanol–water partition coefficient (Wildman–Crippen LogP) is 3.98. The zero-order chi connectivity index (χ0) is 21.7. The van der Waals surface area contributed by atoms with Crippen molar-refractivity contribution in [2.24, 2.45) is 0 Å². The first-order valence-electron chi connectivity index (χ1n) is 9.04. The minimum absolute atomic E-state index is 0.0476. The van der Waals surface area contributed by atoms with Crippen LogP contribution in [0.2, 0.25) is 5.02 Å². The topological polar surface area (TPSA) is 123 Å². The van der Waals surface area contributed by atoms with Crippen LogP contribution in [0, 0.1) is 5.41 Å². The Morgan fingerprint density at radius 3 is 2.63 bits per heavy atom. The lowest BCUT2D eigenvalue weighted by molar-refractivity contribution is -0.114. The summed E-state index contributed by atoms with van der Waals surface area (Å²) in [6, 6.07) is 11.9. The molecule has 0 atom stereocenters. The van der Waals surface area contributed by atoms with Crippen LogP contribution < -0.4 is 15.8 Å². The normalized spacial score (nSPS) is 10.6. The van der Waals surface area contributed by atoms with Gasteiger partial charge in [0.05, 0.1) is 11.6 Å². The van der Waals surface area contributed by atoms with Crippen molar-refractivity contribution in [3.63, 3.8) is 0 Å². The number of hydrogen-bond acceptors (Lipinski definition) is 7. The molecule has 4 N–H and O–H groups in total. The maximum atomic E-state index is 11.1. The average Bonchev–Trinajstić information content (AvgIpc) is 3.20. The minimum atomic E-state index is -0.147. The van der Waals surface area contributed by atoms with Gasteiger partial charge in [-0.1, -0.05) is 28.9 Å². The van der Waals surface area contributed by atoms with Crippen LogP contribution in [0.3, 0.4) is 0 Å². The predicted molar refractivity (Wildman–Crippen MR) is 115 cm³/mol. The van der Waals surface area contributed by atoms with Crippen LogP contribution >= 0.6 is 11.6 Å². The van der Waals surface area contributed by atoms with Crippen LogP contribution in [0.15, 0.2) is 47.0 Å². The van der Waals surface area contributed by atoms with Gasteiger partial charge in [-0.15, -0.1) is 0 Å². The van der Waals surface area contributed by atoms with E-state index < -0.39 is 0 Å². The van der Waals surface area contributed by atoms with Crippen LogP contribution in [0.25, 0.3) is 11.3 Å². The molecule has 30 heavy (non-hydrogen) atoms. The molecule has 2 aromatic carbocycles. The molecule has 0 aliphatic heterocycles. The fourth-order valence-electron chi connectivity index (χ4n) is 2.72. The number of methoxy groups -OCH3 is 1. The van der Waals surface area contributed by atoms with E-state index in [1.165, 1.54) is 6.92 Å². The highest BCUT2D eigenvalue weighted by Crippen LogP contribution is 2.32. The van der Waals surface area contributed by atoms with E-state index in [9.17, 15) is 4.79 Å². The lowest BCUT2D eigenvalue weighted by Gasteiger charge is -2.11. The van der Waals surface area contributed by atoms with Crippen molar-refractivity contribution >= 4 is 34.6 Å². The molecular weight excluding hydrogens is 408 g/mol. The summed E-state index contributed by atoms with van der Waals surface area (Å²) in [5.74, 6) is 0.512. The number of benzene rings is 2. The molecule has 9 heteroatoms. The maximum absolute atomic E-state index is 11.1. The molecule has 1 aromatic heterocycles. The van der Waals surface area contributed by atoms with Crippen molar-refractivity contribution < 1.29 is 18.8 Å². The molecule has 8 nitrogen and oxygen atoms in total. The highest BCUT2D eigenvalue weighted by atomic mass is 35.5. The molecule has 1 amide bonds. The molecule has 0 spiro atoms. The van der Waals surface area contributed by atoms with Gasteiger partial charge in [0, 0.05) is 48.7 Å². The Morgan fingerprint density at radius 1 is 1.23 bits per heavy atom. The zero-order valence-corrected chi connectivity index (χ0v) is 17.2. The molecule has 156 valence electrons. The van der Waals surface area contributed by atoms with E-state index in [4.69, 9.17) is 36.7 Å². The second kappa shape index (κ2) is 9.43. The number of nitrogens with zero attached hydrogens (tertiary/aromatic N) is 1. The van der Waals surface area contributed by atoms with Crippen LogP contribution in [0.1, 0.15) is 18.2 Å². The van der Waals surface area contributed by atoms with E-state index in [1.807, 2.05) is 0 Å². The van der Waals surface area contributed by atoms with Gasteiger partial charge in [0.15, 0.2) is 5.76 Å². The van der Waals surface area contributed by atoms with Crippen molar-refractivity contribution in [1.29, 1.82) is 5.41 Å². The second-order valence-corrected chi connectivity index (χ2v) is 6.83. The van der Waals surface area contributed by atoms with Crippen molar-refractivity contribution in [2.75, 3.05) is 31.4 Å². The van der Waals surface area contributed by atoms with Crippen LogP contribution in [-0.2, 0) is 9.53 Å². The number of nitrogens with one attached hydrogen (secondary N) is 2. The number of carbonyl (C=O) groups excluding carboxylic acids is 1. The molecule has 1 heterocycles. The average molecular weight is 429 g/mol. The number of halogens is 1. The second-order valence-electron chi connectivity index (χ2n) is 6.42. The molecule has 0 radical (unpaired) electrons. The number of nitrogens with two attached hydrogens (primary N) is 1. The molecule has 0 saturated carbocycles. The van der Waals surface area contributed by atoms with Gasteiger partial charge in [-0.2, -0.15) is 0 Å². The molecule has 0 unspecified atom stereocenters. The van der Waals surface area contributed by atoms with Crippen LogP contribution in [0.4, 0.5) is 11.4 Å². The Balaban J connectivity index is 1.79. The molecule has 0 aliphatic rings. The number of hydrogen-bond donors (Lipinski definition) is 3. The highest BCUT2D eigenvalue weighted by molar-refractivity contribution is 6.33. The first-order valence-corrected chi connectivity index (χ1v) is 9.41. The smallest absolute Gasteiger partial charge is 0.221 e. The third-order valence-electron chi connectivity index (χ3n) is 4.18. The van der Waals surface area contributed by atoms with Gasteiger partial charge in [0.1, 0.15) is 23.8 Å². The monoisotopic (exact) mass is 428 g/mol. The Hall–Kier alpha value is -3.36. The quantitative estimate of drug-likeness (QED) is 0.283. The van der Waals surface area contributed by atoms with E-state index in [0.29, 0.717) is 46.6 Å². The van der Waals surface area contributed by atoms with E-state index in [1.54, 1.807) is 49.6 Å². The van der Waals surface area contributed by atoms with Crippen molar-refractivity contribution in [3.05, 3.63) is 58.8 Å². The minimum Gasteiger partial charge on any atom is -0.490 e. The van der Waals surface area contributed by atoms with E-state index in [2.05, 4.69) is 10.5 Å². The third kappa shape index (κ3) is 4.97. The maximum Gasteiger partial charge on any atom is 0.221 e. The van der Waals surface area contributed by atoms with Crippen LogP contribution in [0.5, 0.6) is 5.75 Å². The largest absolute Gasteiger partial charge is 0.490 e. The summed E-state index contributed by atoms with van der Waals surface area (Å²) in [6.07, 6.45) is 0. The Labute approximate surface area is 178 Å². The van der Waals surface area contributed by atoms with Crippen molar-refractivity contribution in [3.8, 4) is 17.0 Å². The summed E-state index contributed by atoms with van der Waals surface area (Å²) in [5, 5.41) is 15.5. The summed E-state index contributed by atoms with van der Waals surface area (Å²) in [4.78, 5) is 11.1. The van der Waals surface area contributed by atoms with Gasteiger partial charge in [-0.05, 0) is 18.2 Å². The standard InChI is InChI=1S/C21H21ClN4O4/c1-12(27)25-14-5-3-13(4-6-14)18-11-20(30-26-18)21(24)15-9-16(22)19(10-17(15)23)29-8-7-28-2/h3-6,9-11,24H,7-8,23H2,1-2H3,(H,25,27). The molecular formula is C21H21ClN4O4. The number of anilines is 2. The number of ether oxygens (including phenoxy) is 2. The molecule has 0 aliphatic carbocycles. The molecule has 0 saturated heterocycles. The van der Waals surface area contributed by atoms with Crippen LogP contribution in [-0.4, -0.2) is 37.1 Å². The summed E-state index contributed by atoms with van der Waals surface area (Å²) < 4.78 is 15.8. The number of amides is 1. The van der Waals surface area contributed by atoms with Gasteiger partial charge in [0.2, 0.25) is 5.91 Å². The van der Waals surface area contributed by atoms with Crippen molar-refractivity contribution in [2.45, 2.75) is 6.92 Å². The zero-order valence-electron chi connectivity index (χ0n) is 16.5. The Bertz CT molecular complexity index is 1060. The summed E-state index contributed by atoms with van der Waals surface area (Å²) >= 11 is 6.27. The summed E-state index contributed by atoms with van der Waals surface area (Å²) in [6.45, 7) is 2.19. The van der Waals surface area contributed by atoms with Gasteiger partial charge in [-0.3, -0.25) is 10.2 Å². The number of nitrogen functional groups attached to an aromatic ring is 1. The number of carbonyl (C=O) groups is 1. The molecule has 3 rings (SSSR count). The first-order chi connectivity index (χ1) is 14.4. The van der Waals surface area contributed by atoms with E-state index >= 15 is 0 Å². The lowest BCUT2D eigenvalue weighted by Crippen LogP contribution is -2.08. The first kappa shape index (κ1) is 21.4.